The summed E-state index contributed by atoms with van der Waals surface area (Å²) in [6, 6.07) is 8.36. The maximum Gasteiger partial charge on any atom is 0.416 e. The molecule has 0 aliphatic heterocycles. The van der Waals surface area contributed by atoms with Crippen LogP contribution in [0.3, 0.4) is 0 Å². The fraction of sp³-hybridized carbons (Fsp3) is 0.364. The standard InChI is InChI=1S/C22H26F3N3O2/c1-6-27(4)14-26-20-11-15(2)19(10-16(20)3)21(29)28(30-5)13-17-8-7-9-18(12-17)22(23,24)25/h7-12,14H,6,13H2,1-5H3. The number of halogens is 3. The normalized spacial score (nSPS) is 11.7. The summed E-state index contributed by atoms with van der Waals surface area (Å²) in [4.78, 5) is 24.5. The lowest BCUT2D eigenvalue weighted by molar-refractivity contribution is -0.137. The number of carbonyl (C=O) groups is 1. The number of amides is 1. The Hall–Kier alpha value is -2.87. The Bertz CT molecular complexity index is 926. The minimum atomic E-state index is -4.45. The summed E-state index contributed by atoms with van der Waals surface area (Å²) in [7, 11) is 3.22. The van der Waals surface area contributed by atoms with E-state index in [0.29, 0.717) is 16.7 Å². The van der Waals surface area contributed by atoms with Crippen molar-refractivity contribution in [3.63, 3.8) is 0 Å². The van der Waals surface area contributed by atoms with Gasteiger partial charge in [-0.05, 0) is 61.7 Å². The molecule has 0 aliphatic rings. The van der Waals surface area contributed by atoms with Crippen molar-refractivity contribution in [2.24, 2.45) is 4.99 Å². The summed E-state index contributed by atoms with van der Waals surface area (Å²) in [5.74, 6) is -0.434. The lowest BCUT2D eigenvalue weighted by Crippen LogP contribution is -2.30. The molecule has 0 spiro atoms. The van der Waals surface area contributed by atoms with Crippen LogP contribution in [0.2, 0.25) is 0 Å². The van der Waals surface area contributed by atoms with Gasteiger partial charge in [-0.3, -0.25) is 9.63 Å². The molecule has 5 nitrogen and oxygen atoms in total. The second kappa shape index (κ2) is 9.75. The number of carbonyl (C=O) groups excluding carboxylic acids is 1. The van der Waals surface area contributed by atoms with Gasteiger partial charge >= 0.3 is 6.18 Å². The number of hydroxylamine groups is 2. The summed E-state index contributed by atoms with van der Waals surface area (Å²) in [5, 5.41) is 1.05. The highest BCUT2D eigenvalue weighted by Gasteiger charge is 2.30. The number of nitrogens with zero attached hydrogens (tertiary/aromatic N) is 3. The molecule has 0 aliphatic carbocycles. The summed E-state index contributed by atoms with van der Waals surface area (Å²) in [6.45, 7) is 6.34. The van der Waals surface area contributed by atoms with Gasteiger partial charge in [-0.25, -0.2) is 10.1 Å². The van der Waals surface area contributed by atoms with Crippen LogP contribution in [-0.4, -0.2) is 42.9 Å². The van der Waals surface area contributed by atoms with E-state index in [0.717, 1.165) is 35.0 Å². The summed E-state index contributed by atoms with van der Waals surface area (Å²) >= 11 is 0. The van der Waals surface area contributed by atoms with E-state index in [4.69, 9.17) is 4.84 Å². The first-order valence-electron chi connectivity index (χ1n) is 9.44. The summed E-state index contributed by atoms with van der Waals surface area (Å²) in [6.07, 6.45) is -2.73. The van der Waals surface area contributed by atoms with Gasteiger partial charge in [0.05, 0.1) is 31.2 Å². The number of aryl methyl sites for hydroxylation is 2. The first-order chi connectivity index (χ1) is 14.1. The molecule has 0 aromatic heterocycles. The minimum absolute atomic E-state index is 0.112. The quantitative estimate of drug-likeness (QED) is 0.353. The molecule has 0 radical (unpaired) electrons. The molecule has 8 heteroatoms. The van der Waals surface area contributed by atoms with Crippen LogP contribution < -0.4 is 0 Å². The highest BCUT2D eigenvalue weighted by atomic mass is 19.4. The monoisotopic (exact) mass is 421 g/mol. The van der Waals surface area contributed by atoms with Gasteiger partial charge in [0.2, 0.25) is 0 Å². The number of rotatable bonds is 7. The van der Waals surface area contributed by atoms with E-state index in [-0.39, 0.29) is 6.54 Å². The van der Waals surface area contributed by atoms with Crippen LogP contribution in [0, 0.1) is 13.8 Å². The van der Waals surface area contributed by atoms with Gasteiger partial charge in [0.25, 0.3) is 5.91 Å². The maximum atomic E-state index is 13.0. The van der Waals surface area contributed by atoms with Crippen molar-refractivity contribution in [1.82, 2.24) is 9.96 Å². The van der Waals surface area contributed by atoms with Gasteiger partial charge in [-0.1, -0.05) is 12.1 Å². The van der Waals surface area contributed by atoms with Crippen LogP contribution >= 0.6 is 0 Å². The van der Waals surface area contributed by atoms with E-state index in [1.54, 1.807) is 25.4 Å². The first-order valence-corrected chi connectivity index (χ1v) is 9.44. The molecular formula is C22H26F3N3O2. The van der Waals surface area contributed by atoms with Crippen molar-refractivity contribution in [2.45, 2.75) is 33.5 Å². The zero-order valence-corrected chi connectivity index (χ0v) is 17.7. The molecule has 0 N–H and O–H groups in total. The topological polar surface area (TPSA) is 45.1 Å². The zero-order chi connectivity index (χ0) is 22.5. The van der Waals surface area contributed by atoms with Crippen molar-refractivity contribution in [3.05, 3.63) is 64.2 Å². The van der Waals surface area contributed by atoms with Crippen molar-refractivity contribution >= 4 is 17.9 Å². The number of benzene rings is 2. The van der Waals surface area contributed by atoms with Gasteiger partial charge in [0.1, 0.15) is 0 Å². The van der Waals surface area contributed by atoms with Gasteiger partial charge in [0.15, 0.2) is 0 Å². The van der Waals surface area contributed by atoms with E-state index in [9.17, 15) is 18.0 Å². The fourth-order valence-corrected chi connectivity index (χ4v) is 2.78. The molecule has 162 valence electrons. The molecule has 0 saturated carbocycles. The van der Waals surface area contributed by atoms with Crippen molar-refractivity contribution in [2.75, 3.05) is 20.7 Å². The van der Waals surface area contributed by atoms with Crippen LogP contribution in [0.15, 0.2) is 41.4 Å². The predicted octanol–water partition coefficient (Wildman–Crippen LogP) is 5.14. The third-order valence-corrected chi connectivity index (χ3v) is 4.69. The molecule has 0 unspecified atom stereocenters. The average Bonchev–Trinajstić information content (AvgIpc) is 2.71. The molecule has 0 atom stereocenters. The van der Waals surface area contributed by atoms with E-state index >= 15 is 0 Å². The molecule has 30 heavy (non-hydrogen) atoms. The van der Waals surface area contributed by atoms with E-state index in [1.165, 1.54) is 19.2 Å². The van der Waals surface area contributed by atoms with Crippen LogP contribution in [-0.2, 0) is 17.6 Å². The lowest BCUT2D eigenvalue weighted by atomic mass is 10.0. The molecule has 0 saturated heterocycles. The molecule has 2 aromatic carbocycles. The third kappa shape index (κ3) is 5.82. The minimum Gasteiger partial charge on any atom is -0.366 e. The first kappa shape index (κ1) is 23.4. The van der Waals surface area contributed by atoms with Crippen molar-refractivity contribution in [1.29, 1.82) is 0 Å². The van der Waals surface area contributed by atoms with Crippen molar-refractivity contribution in [3.8, 4) is 0 Å². The van der Waals surface area contributed by atoms with Crippen LogP contribution in [0.5, 0.6) is 0 Å². The second-order valence-corrected chi connectivity index (χ2v) is 6.99. The Kier molecular flexibility index (Phi) is 7.61. The molecule has 2 rings (SSSR count). The number of hydrogen-bond acceptors (Lipinski definition) is 3. The average molecular weight is 421 g/mol. The van der Waals surface area contributed by atoms with E-state index in [2.05, 4.69) is 4.99 Å². The highest BCUT2D eigenvalue weighted by molar-refractivity contribution is 5.95. The highest BCUT2D eigenvalue weighted by Crippen LogP contribution is 2.30. The molecule has 1 amide bonds. The maximum absolute atomic E-state index is 13.0. The van der Waals surface area contributed by atoms with Gasteiger partial charge in [0, 0.05) is 19.2 Å². The van der Waals surface area contributed by atoms with E-state index < -0.39 is 17.6 Å². The summed E-state index contributed by atoms with van der Waals surface area (Å²) < 4.78 is 38.9. The number of hydrogen-bond donors (Lipinski definition) is 0. The Morgan fingerprint density at radius 2 is 1.87 bits per heavy atom. The van der Waals surface area contributed by atoms with Crippen LogP contribution in [0.25, 0.3) is 0 Å². The van der Waals surface area contributed by atoms with Crippen molar-refractivity contribution < 1.29 is 22.8 Å². The summed E-state index contributed by atoms with van der Waals surface area (Å²) in [5.41, 5.74) is 2.20. The van der Waals surface area contributed by atoms with Gasteiger partial charge < -0.3 is 4.90 Å². The molecule has 2 aromatic rings. The predicted molar refractivity (Wildman–Crippen MR) is 111 cm³/mol. The largest absolute Gasteiger partial charge is 0.416 e. The van der Waals surface area contributed by atoms with Crippen LogP contribution in [0.1, 0.15) is 39.5 Å². The molecule has 0 heterocycles. The van der Waals surface area contributed by atoms with Gasteiger partial charge in [-0.15, -0.1) is 0 Å². The number of aliphatic imine (C=N–C) groups is 1. The number of alkyl halides is 3. The molecular weight excluding hydrogens is 395 g/mol. The zero-order valence-electron chi connectivity index (χ0n) is 17.7. The van der Waals surface area contributed by atoms with Gasteiger partial charge in [-0.2, -0.15) is 13.2 Å². The SMILES string of the molecule is CCN(C)C=Nc1cc(C)c(C(=O)N(Cc2cccc(C(F)(F)F)c2)OC)cc1C. The Morgan fingerprint density at radius 3 is 2.47 bits per heavy atom. The Labute approximate surface area is 174 Å². The molecule has 0 bridgehead atoms. The lowest BCUT2D eigenvalue weighted by Gasteiger charge is -2.22. The van der Waals surface area contributed by atoms with E-state index in [1.807, 2.05) is 25.8 Å². The van der Waals surface area contributed by atoms with Crippen LogP contribution in [0.4, 0.5) is 18.9 Å². The smallest absolute Gasteiger partial charge is 0.366 e. The second-order valence-electron chi connectivity index (χ2n) is 6.99. The Balaban J connectivity index is 2.27. The Morgan fingerprint density at radius 1 is 1.17 bits per heavy atom. The third-order valence-electron chi connectivity index (χ3n) is 4.69. The molecule has 0 fully saturated rings. The fourth-order valence-electron chi connectivity index (χ4n) is 2.78.